The molecule has 0 amide bonds. The molecular formula is C15H18BFN2O2. The molecule has 0 bridgehead atoms. The van der Waals surface area contributed by atoms with Crippen molar-refractivity contribution in [1.82, 2.24) is 9.88 Å². The lowest BCUT2D eigenvalue weighted by Crippen LogP contribution is -2.33. The van der Waals surface area contributed by atoms with E-state index in [2.05, 4.69) is 9.88 Å². The van der Waals surface area contributed by atoms with E-state index in [9.17, 15) is 4.39 Å². The van der Waals surface area contributed by atoms with Crippen LogP contribution in [0.2, 0.25) is 0 Å². The summed E-state index contributed by atoms with van der Waals surface area (Å²) in [5.74, 6) is -0.610. The summed E-state index contributed by atoms with van der Waals surface area (Å²) in [5.41, 5.74) is 1.70. The van der Waals surface area contributed by atoms with Crippen LogP contribution >= 0.6 is 0 Å². The second-order valence-electron chi connectivity index (χ2n) is 4.85. The van der Waals surface area contributed by atoms with Crippen molar-refractivity contribution in [2.75, 3.05) is 6.54 Å². The Morgan fingerprint density at radius 2 is 2.00 bits per heavy atom. The number of aromatic nitrogens is 1. The van der Waals surface area contributed by atoms with E-state index in [1.807, 2.05) is 25.1 Å². The number of halogens is 1. The molecule has 1 heterocycles. The van der Waals surface area contributed by atoms with Crippen molar-refractivity contribution in [3.63, 3.8) is 0 Å². The third-order valence-electron chi connectivity index (χ3n) is 3.30. The van der Waals surface area contributed by atoms with E-state index < -0.39 is 12.9 Å². The van der Waals surface area contributed by atoms with E-state index in [-0.39, 0.29) is 5.46 Å². The molecule has 2 aromatic rings. The molecule has 0 radical (unpaired) electrons. The first kappa shape index (κ1) is 15.6. The maximum absolute atomic E-state index is 13.4. The van der Waals surface area contributed by atoms with Gasteiger partial charge in [0.05, 0.1) is 5.69 Å². The van der Waals surface area contributed by atoms with Gasteiger partial charge >= 0.3 is 7.12 Å². The molecule has 0 atom stereocenters. The van der Waals surface area contributed by atoms with Gasteiger partial charge in [0.15, 0.2) is 0 Å². The molecule has 0 aliphatic carbocycles. The van der Waals surface area contributed by atoms with Crippen molar-refractivity contribution in [3.05, 3.63) is 59.7 Å². The summed E-state index contributed by atoms with van der Waals surface area (Å²) in [7, 11) is -1.80. The lowest BCUT2D eigenvalue weighted by molar-refractivity contribution is 0.268. The van der Waals surface area contributed by atoms with Crippen LogP contribution in [-0.4, -0.2) is 33.6 Å². The highest BCUT2D eigenvalue weighted by atomic mass is 19.1. The lowest BCUT2D eigenvalue weighted by atomic mass is 9.79. The highest BCUT2D eigenvalue weighted by Gasteiger charge is 2.17. The molecule has 110 valence electrons. The Balaban J connectivity index is 2.10. The molecule has 0 saturated heterocycles. The van der Waals surface area contributed by atoms with E-state index in [0.717, 1.165) is 17.8 Å². The number of pyridine rings is 1. The molecule has 21 heavy (non-hydrogen) atoms. The highest BCUT2D eigenvalue weighted by Crippen LogP contribution is 2.09. The monoisotopic (exact) mass is 288 g/mol. The van der Waals surface area contributed by atoms with Gasteiger partial charge in [-0.2, -0.15) is 0 Å². The molecule has 2 rings (SSSR count). The van der Waals surface area contributed by atoms with Crippen LogP contribution in [0, 0.1) is 5.82 Å². The largest absolute Gasteiger partial charge is 0.491 e. The van der Waals surface area contributed by atoms with Crippen LogP contribution in [0.4, 0.5) is 4.39 Å². The fraction of sp³-hybridized carbons (Fsp3) is 0.267. The fourth-order valence-corrected chi connectivity index (χ4v) is 2.15. The molecule has 4 nitrogen and oxygen atoms in total. The molecule has 6 heteroatoms. The summed E-state index contributed by atoms with van der Waals surface area (Å²) in [5, 5.41) is 18.3. The average Bonchev–Trinajstić information content (AvgIpc) is 2.49. The van der Waals surface area contributed by atoms with Gasteiger partial charge in [0.2, 0.25) is 0 Å². The Morgan fingerprint density at radius 3 is 2.62 bits per heavy atom. The summed E-state index contributed by atoms with van der Waals surface area (Å²) in [6.45, 7) is 4.12. The molecular weight excluding hydrogens is 270 g/mol. The van der Waals surface area contributed by atoms with Crippen molar-refractivity contribution in [3.8, 4) is 0 Å². The predicted octanol–water partition coefficient (Wildman–Crippen LogP) is 0.923. The first-order valence-corrected chi connectivity index (χ1v) is 6.87. The smallest absolute Gasteiger partial charge is 0.423 e. The first-order valence-electron chi connectivity index (χ1n) is 6.87. The van der Waals surface area contributed by atoms with E-state index in [0.29, 0.717) is 13.1 Å². The minimum Gasteiger partial charge on any atom is -0.423 e. The van der Waals surface area contributed by atoms with Gasteiger partial charge < -0.3 is 10.0 Å². The molecule has 0 saturated carbocycles. The van der Waals surface area contributed by atoms with Crippen LogP contribution < -0.4 is 5.46 Å². The van der Waals surface area contributed by atoms with Crippen LogP contribution in [0.25, 0.3) is 0 Å². The maximum atomic E-state index is 13.4. The SMILES string of the molecule is CCN(Cc1ccc(F)c(B(O)O)c1)Cc1ccccn1. The van der Waals surface area contributed by atoms with Crippen LogP contribution in [0.5, 0.6) is 0 Å². The van der Waals surface area contributed by atoms with Crippen LogP contribution in [0.3, 0.4) is 0 Å². The van der Waals surface area contributed by atoms with E-state index in [1.165, 1.54) is 12.1 Å². The summed E-state index contributed by atoms with van der Waals surface area (Å²) < 4.78 is 13.4. The molecule has 0 fully saturated rings. The third-order valence-corrected chi connectivity index (χ3v) is 3.30. The van der Waals surface area contributed by atoms with Gasteiger partial charge in [-0.25, -0.2) is 4.39 Å². The summed E-state index contributed by atoms with van der Waals surface area (Å²) in [4.78, 5) is 6.43. The second kappa shape index (κ2) is 7.31. The molecule has 0 unspecified atom stereocenters. The molecule has 1 aromatic carbocycles. The average molecular weight is 288 g/mol. The lowest BCUT2D eigenvalue weighted by Gasteiger charge is -2.20. The standard InChI is InChI=1S/C15H18BFN2O2/c1-2-19(11-13-5-3-4-8-18-13)10-12-6-7-15(17)14(9-12)16(20)21/h3-9,20-21H,2,10-11H2,1H3. The van der Waals surface area contributed by atoms with Crippen molar-refractivity contribution >= 4 is 12.6 Å². The first-order chi connectivity index (χ1) is 10.1. The van der Waals surface area contributed by atoms with Gasteiger partial charge in [0.1, 0.15) is 5.82 Å². The maximum Gasteiger partial charge on any atom is 0.491 e. The van der Waals surface area contributed by atoms with Crippen LogP contribution in [0.1, 0.15) is 18.2 Å². The Hall–Kier alpha value is -1.76. The Bertz CT molecular complexity index is 581. The molecule has 0 aliphatic heterocycles. The van der Waals surface area contributed by atoms with Crippen LogP contribution in [-0.2, 0) is 13.1 Å². The predicted molar refractivity (Wildman–Crippen MR) is 80.3 cm³/mol. The second-order valence-corrected chi connectivity index (χ2v) is 4.85. The summed E-state index contributed by atoms with van der Waals surface area (Å²) in [6.07, 6.45) is 1.75. The summed E-state index contributed by atoms with van der Waals surface area (Å²) >= 11 is 0. The van der Waals surface area contributed by atoms with Crippen LogP contribution in [0.15, 0.2) is 42.6 Å². The minimum absolute atomic E-state index is 0.0959. The summed E-state index contributed by atoms with van der Waals surface area (Å²) in [6, 6.07) is 10.2. The number of hydrogen-bond donors (Lipinski definition) is 2. The zero-order chi connectivity index (χ0) is 15.2. The molecule has 2 N–H and O–H groups in total. The van der Waals surface area contributed by atoms with Crippen molar-refractivity contribution in [1.29, 1.82) is 0 Å². The van der Waals surface area contributed by atoms with Gasteiger partial charge in [0.25, 0.3) is 0 Å². The number of rotatable bonds is 6. The minimum atomic E-state index is -1.80. The fourth-order valence-electron chi connectivity index (χ4n) is 2.15. The van der Waals surface area contributed by atoms with Crippen molar-refractivity contribution in [2.24, 2.45) is 0 Å². The normalized spacial score (nSPS) is 10.9. The third kappa shape index (κ3) is 4.36. The van der Waals surface area contributed by atoms with E-state index in [4.69, 9.17) is 10.0 Å². The van der Waals surface area contributed by atoms with Gasteiger partial charge in [-0.1, -0.05) is 25.1 Å². The topological polar surface area (TPSA) is 56.6 Å². The zero-order valence-electron chi connectivity index (χ0n) is 11.9. The van der Waals surface area contributed by atoms with Crippen molar-refractivity contribution < 1.29 is 14.4 Å². The molecule has 0 spiro atoms. The Kier molecular flexibility index (Phi) is 5.44. The number of hydrogen-bond acceptors (Lipinski definition) is 4. The Labute approximate surface area is 124 Å². The number of nitrogens with zero attached hydrogens (tertiary/aromatic N) is 2. The highest BCUT2D eigenvalue weighted by molar-refractivity contribution is 6.58. The molecule has 0 aliphatic rings. The van der Waals surface area contributed by atoms with Gasteiger partial charge in [0, 0.05) is 24.7 Å². The Morgan fingerprint density at radius 1 is 1.19 bits per heavy atom. The van der Waals surface area contributed by atoms with E-state index >= 15 is 0 Å². The number of benzene rings is 1. The van der Waals surface area contributed by atoms with Gasteiger partial charge in [-0.05, 0) is 30.3 Å². The van der Waals surface area contributed by atoms with E-state index in [1.54, 1.807) is 12.3 Å². The van der Waals surface area contributed by atoms with Gasteiger partial charge in [-0.15, -0.1) is 0 Å². The van der Waals surface area contributed by atoms with Gasteiger partial charge in [-0.3, -0.25) is 9.88 Å². The zero-order valence-corrected chi connectivity index (χ0v) is 11.9. The quantitative estimate of drug-likeness (QED) is 0.776. The molecule has 1 aromatic heterocycles. The van der Waals surface area contributed by atoms with Crippen molar-refractivity contribution in [2.45, 2.75) is 20.0 Å².